The Morgan fingerprint density at radius 3 is 2.83 bits per heavy atom. The van der Waals surface area contributed by atoms with Gasteiger partial charge in [-0.05, 0) is 71.9 Å². The van der Waals surface area contributed by atoms with E-state index in [1.165, 1.54) is 12.7 Å². The molecule has 1 aromatic rings. The standard InChI is InChI=1S/C20H26O4/c1-20(2)10-4-7-15(18(21)19(22)23-3)17(20)14-8-9-16-13(12-14)6-5-11-24-16/h8-9,12,18,21H,4-7,10-11H2,1-3H3. The maximum Gasteiger partial charge on any atom is 0.339 e. The zero-order valence-electron chi connectivity index (χ0n) is 14.7. The summed E-state index contributed by atoms with van der Waals surface area (Å²) in [4.78, 5) is 11.9. The van der Waals surface area contributed by atoms with Crippen LogP contribution in [0.15, 0.2) is 23.8 Å². The molecule has 0 fully saturated rings. The topological polar surface area (TPSA) is 55.8 Å². The van der Waals surface area contributed by atoms with E-state index in [4.69, 9.17) is 9.47 Å². The molecule has 2 aliphatic rings. The number of hydrogen-bond acceptors (Lipinski definition) is 4. The average Bonchev–Trinajstić information content (AvgIpc) is 2.59. The van der Waals surface area contributed by atoms with Crippen molar-refractivity contribution in [3.8, 4) is 5.75 Å². The van der Waals surface area contributed by atoms with Crippen molar-refractivity contribution in [3.63, 3.8) is 0 Å². The molecule has 1 aliphatic heterocycles. The number of allylic oxidation sites excluding steroid dienone is 1. The van der Waals surface area contributed by atoms with Gasteiger partial charge in [0.1, 0.15) is 5.75 Å². The third kappa shape index (κ3) is 3.07. The van der Waals surface area contributed by atoms with Gasteiger partial charge in [-0.2, -0.15) is 0 Å². The lowest BCUT2D eigenvalue weighted by atomic mass is 9.68. The van der Waals surface area contributed by atoms with Crippen LogP contribution in [0.2, 0.25) is 0 Å². The van der Waals surface area contributed by atoms with E-state index in [-0.39, 0.29) is 5.41 Å². The number of hydrogen-bond donors (Lipinski definition) is 1. The number of ether oxygens (including phenoxy) is 2. The van der Waals surface area contributed by atoms with Crippen molar-refractivity contribution in [1.82, 2.24) is 0 Å². The lowest BCUT2D eigenvalue weighted by Gasteiger charge is -2.37. The van der Waals surface area contributed by atoms with Crippen LogP contribution in [0.5, 0.6) is 5.75 Å². The Balaban J connectivity index is 2.11. The fraction of sp³-hybridized carbons (Fsp3) is 0.550. The number of aliphatic hydroxyl groups is 1. The van der Waals surface area contributed by atoms with Crippen molar-refractivity contribution in [1.29, 1.82) is 0 Å². The highest BCUT2D eigenvalue weighted by atomic mass is 16.5. The van der Waals surface area contributed by atoms with Gasteiger partial charge in [-0.1, -0.05) is 19.9 Å². The van der Waals surface area contributed by atoms with Gasteiger partial charge >= 0.3 is 5.97 Å². The number of esters is 1. The van der Waals surface area contributed by atoms with Crippen molar-refractivity contribution in [2.45, 2.75) is 52.1 Å². The Hall–Kier alpha value is -1.81. The minimum absolute atomic E-state index is 0.0909. The van der Waals surface area contributed by atoms with E-state index in [0.29, 0.717) is 0 Å². The molecular weight excluding hydrogens is 304 g/mol. The number of rotatable bonds is 3. The van der Waals surface area contributed by atoms with Gasteiger partial charge in [-0.3, -0.25) is 0 Å². The summed E-state index contributed by atoms with van der Waals surface area (Å²) in [7, 11) is 1.32. The monoisotopic (exact) mass is 330 g/mol. The molecule has 4 nitrogen and oxygen atoms in total. The summed E-state index contributed by atoms with van der Waals surface area (Å²) >= 11 is 0. The van der Waals surface area contributed by atoms with Gasteiger partial charge in [-0.25, -0.2) is 4.79 Å². The Morgan fingerprint density at radius 1 is 1.29 bits per heavy atom. The van der Waals surface area contributed by atoms with Crippen LogP contribution in [0.25, 0.3) is 5.57 Å². The fourth-order valence-electron chi connectivity index (χ4n) is 4.02. The lowest BCUT2D eigenvalue weighted by Crippen LogP contribution is -2.30. The molecule has 0 saturated carbocycles. The van der Waals surface area contributed by atoms with Crippen LogP contribution in [0.3, 0.4) is 0 Å². The second kappa shape index (κ2) is 6.60. The number of benzene rings is 1. The number of fused-ring (bicyclic) bond motifs is 1. The molecule has 4 heteroatoms. The Labute approximate surface area is 143 Å². The van der Waals surface area contributed by atoms with Crippen LogP contribution in [-0.2, 0) is 16.0 Å². The van der Waals surface area contributed by atoms with Gasteiger partial charge in [-0.15, -0.1) is 0 Å². The molecule has 0 aromatic heterocycles. The summed E-state index contributed by atoms with van der Waals surface area (Å²) in [6, 6.07) is 6.24. The van der Waals surface area contributed by atoms with Gasteiger partial charge in [0, 0.05) is 0 Å². The van der Waals surface area contributed by atoms with Crippen molar-refractivity contribution >= 4 is 11.5 Å². The van der Waals surface area contributed by atoms with Crippen LogP contribution >= 0.6 is 0 Å². The summed E-state index contributed by atoms with van der Waals surface area (Å²) in [5.74, 6) is 0.371. The number of methoxy groups -OCH3 is 1. The average molecular weight is 330 g/mol. The van der Waals surface area contributed by atoms with E-state index in [1.54, 1.807) is 0 Å². The van der Waals surface area contributed by atoms with Crippen molar-refractivity contribution < 1.29 is 19.4 Å². The second-order valence-corrected chi connectivity index (χ2v) is 7.34. The van der Waals surface area contributed by atoms with Crippen LogP contribution in [0.1, 0.15) is 50.7 Å². The first-order valence-electron chi connectivity index (χ1n) is 8.69. The van der Waals surface area contributed by atoms with E-state index in [0.717, 1.165) is 61.2 Å². The molecule has 24 heavy (non-hydrogen) atoms. The van der Waals surface area contributed by atoms with Gasteiger partial charge in [0.25, 0.3) is 0 Å². The molecule has 1 N–H and O–H groups in total. The maximum atomic E-state index is 11.9. The number of carbonyl (C=O) groups is 1. The molecule has 1 unspecified atom stereocenters. The third-order valence-electron chi connectivity index (χ3n) is 5.20. The molecule has 1 heterocycles. The third-order valence-corrected chi connectivity index (χ3v) is 5.20. The van der Waals surface area contributed by atoms with Crippen LogP contribution in [-0.4, -0.2) is 30.9 Å². The summed E-state index contributed by atoms with van der Waals surface area (Å²) < 4.78 is 10.5. The van der Waals surface area contributed by atoms with Crippen LogP contribution in [0.4, 0.5) is 0 Å². The van der Waals surface area contributed by atoms with Gasteiger partial charge in [0.05, 0.1) is 13.7 Å². The van der Waals surface area contributed by atoms with Gasteiger partial charge in [0.2, 0.25) is 0 Å². The highest BCUT2D eigenvalue weighted by Crippen LogP contribution is 2.47. The Morgan fingerprint density at radius 2 is 2.08 bits per heavy atom. The van der Waals surface area contributed by atoms with E-state index >= 15 is 0 Å². The number of carbonyl (C=O) groups excluding carboxylic acids is 1. The first-order valence-corrected chi connectivity index (χ1v) is 8.69. The minimum Gasteiger partial charge on any atom is -0.493 e. The summed E-state index contributed by atoms with van der Waals surface area (Å²) in [5.41, 5.74) is 4.09. The zero-order valence-corrected chi connectivity index (χ0v) is 14.7. The largest absolute Gasteiger partial charge is 0.493 e. The van der Waals surface area contributed by atoms with Gasteiger partial charge < -0.3 is 14.6 Å². The first-order chi connectivity index (χ1) is 11.4. The number of aliphatic hydroxyl groups excluding tert-OH is 1. The predicted molar refractivity (Wildman–Crippen MR) is 92.8 cm³/mol. The highest BCUT2D eigenvalue weighted by Gasteiger charge is 2.36. The smallest absolute Gasteiger partial charge is 0.339 e. The molecule has 0 bridgehead atoms. The van der Waals surface area contributed by atoms with Crippen molar-refractivity contribution in [2.24, 2.45) is 5.41 Å². The lowest BCUT2D eigenvalue weighted by molar-refractivity contribution is -0.148. The molecular formula is C20H26O4. The molecule has 1 aromatic carbocycles. The van der Waals surface area contributed by atoms with Crippen LogP contribution < -0.4 is 4.74 Å². The van der Waals surface area contributed by atoms with Crippen LogP contribution in [0, 0.1) is 5.41 Å². The normalized spacial score (nSPS) is 20.8. The fourth-order valence-corrected chi connectivity index (χ4v) is 4.02. The molecule has 0 saturated heterocycles. The van der Waals surface area contributed by atoms with E-state index < -0.39 is 12.1 Å². The predicted octanol–water partition coefficient (Wildman–Crippen LogP) is 3.51. The molecule has 130 valence electrons. The Kier molecular flexibility index (Phi) is 4.68. The maximum absolute atomic E-state index is 11.9. The van der Waals surface area contributed by atoms with E-state index in [1.807, 2.05) is 6.07 Å². The molecule has 1 aliphatic carbocycles. The van der Waals surface area contributed by atoms with E-state index in [9.17, 15) is 9.90 Å². The summed E-state index contributed by atoms with van der Waals surface area (Å²) in [5, 5.41) is 10.5. The van der Waals surface area contributed by atoms with Crippen molar-refractivity contribution in [3.05, 3.63) is 34.9 Å². The first kappa shape index (κ1) is 17.0. The van der Waals surface area contributed by atoms with E-state index in [2.05, 4.69) is 26.0 Å². The number of aryl methyl sites for hydroxylation is 1. The molecule has 0 amide bonds. The zero-order chi connectivity index (χ0) is 17.3. The minimum atomic E-state index is -1.18. The van der Waals surface area contributed by atoms with Crippen molar-refractivity contribution in [2.75, 3.05) is 13.7 Å². The summed E-state index contributed by atoms with van der Waals surface area (Å²) in [6.45, 7) is 5.13. The second-order valence-electron chi connectivity index (χ2n) is 7.34. The molecule has 1 atom stereocenters. The molecule has 0 radical (unpaired) electrons. The molecule has 0 spiro atoms. The highest BCUT2D eigenvalue weighted by molar-refractivity contribution is 5.85. The van der Waals surface area contributed by atoms with Gasteiger partial charge in [0.15, 0.2) is 6.10 Å². The quantitative estimate of drug-likeness (QED) is 0.862. The summed E-state index contributed by atoms with van der Waals surface area (Å²) in [6.07, 6.45) is 3.57. The Bertz CT molecular complexity index is 672. The molecule has 3 rings (SSSR count). The SMILES string of the molecule is COC(=O)C(O)C1=C(c2ccc3c(c2)CCCO3)C(C)(C)CCC1.